The fourth-order valence-electron chi connectivity index (χ4n) is 4.95. The van der Waals surface area contributed by atoms with Crippen LogP contribution in [-0.4, -0.2) is 72.3 Å². The quantitative estimate of drug-likeness (QED) is 0.631. The van der Waals surface area contributed by atoms with Crippen molar-refractivity contribution in [1.82, 2.24) is 14.7 Å². The van der Waals surface area contributed by atoms with Gasteiger partial charge in [-0.3, -0.25) is 14.4 Å². The molecule has 0 spiro atoms. The van der Waals surface area contributed by atoms with Crippen LogP contribution in [0.2, 0.25) is 0 Å². The molecule has 2 fully saturated rings. The van der Waals surface area contributed by atoms with Crippen molar-refractivity contribution in [3.8, 4) is 5.75 Å². The number of ether oxygens (including phenoxy) is 1. The predicted octanol–water partition coefficient (Wildman–Crippen LogP) is 3.37. The first kappa shape index (κ1) is 23.8. The van der Waals surface area contributed by atoms with E-state index in [-0.39, 0.29) is 30.2 Å². The summed E-state index contributed by atoms with van der Waals surface area (Å²) in [6.07, 6.45) is 2.11. The van der Waals surface area contributed by atoms with Gasteiger partial charge < -0.3 is 19.4 Å². The molecular weight excluding hydrogens is 430 g/mol. The Balaban J connectivity index is 1.48. The molecule has 0 aromatic heterocycles. The molecule has 0 bridgehead atoms. The van der Waals surface area contributed by atoms with Gasteiger partial charge in [0.15, 0.2) is 0 Å². The van der Waals surface area contributed by atoms with Gasteiger partial charge in [0.2, 0.25) is 11.8 Å². The highest BCUT2D eigenvalue weighted by Gasteiger charge is 2.46. The predicted molar refractivity (Wildman–Crippen MR) is 129 cm³/mol. The number of carbonyl (C=O) groups excluding carboxylic acids is 3. The Morgan fingerprint density at radius 3 is 2.21 bits per heavy atom. The van der Waals surface area contributed by atoms with E-state index >= 15 is 0 Å². The summed E-state index contributed by atoms with van der Waals surface area (Å²) in [6.45, 7) is 4.69. The number of benzene rings is 2. The standard InChI is InChI=1S/C27H33N3O4/c1-3-4-14-30-24(31)19-23(25(30)20-10-12-22(34-2)13-11-20)27(33)29-17-15-28(16-18-29)26(32)21-8-6-5-7-9-21/h5-13,23,25H,3-4,14-19H2,1-2H3/t23-,25+/m1/s1. The average Bonchev–Trinajstić information content (AvgIpc) is 3.23. The van der Waals surface area contributed by atoms with Crippen LogP contribution in [0, 0.1) is 5.92 Å². The molecule has 0 saturated carbocycles. The fourth-order valence-corrected chi connectivity index (χ4v) is 4.95. The minimum absolute atomic E-state index is 0.0000217. The van der Waals surface area contributed by atoms with Crippen molar-refractivity contribution in [2.45, 2.75) is 32.2 Å². The number of piperazine rings is 1. The van der Waals surface area contributed by atoms with Gasteiger partial charge in [0.05, 0.1) is 19.1 Å². The lowest BCUT2D eigenvalue weighted by molar-refractivity contribution is -0.138. The number of methoxy groups -OCH3 is 1. The van der Waals surface area contributed by atoms with Gasteiger partial charge in [-0.1, -0.05) is 43.7 Å². The molecule has 3 amide bonds. The lowest BCUT2D eigenvalue weighted by atomic mass is 9.91. The number of amides is 3. The summed E-state index contributed by atoms with van der Waals surface area (Å²) in [5, 5.41) is 0. The van der Waals surface area contributed by atoms with Gasteiger partial charge in [-0.2, -0.15) is 0 Å². The van der Waals surface area contributed by atoms with E-state index in [0.717, 1.165) is 24.2 Å². The Bertz CT molecular complexity index is 1000. The molecule has 2 aromatic rings. The van der Waals surface area contributed by atoms with Crippen molar-refractivity contribution in [3.05, 3.63) is 65.7 Å². The topological polar surface area (TPSA) is 70.2 Å². The minimum atomic E-state index is -0.422. The maximum atomic E-state index is 13.6. The summed E-state index contributed by atoms with van der Waals surface area (Å²) in [5.74, 6) is 0.348. The number of hydrogen-bond donors (Lipinski definition) is 0. The Kier molecular flexibility index (Phi) is 7.50. The molecule has 0 radical (unpaired) electrons. The average molecular weight is 464 g/mol. The van der Waals surface area contributed by atoms with Crippen LogP contribution in [0.4, 0.5) is 0 Å². The van der Waals surface area contributed by atoms with E-state index < -0.39 is 5.92 Å². The maximum absolute atomic E-state index is 13.6. The van der Waals surface area contributed by atoms with Gasteiger partial charge in [-0.25, -0.2) is 0 Å². The highest BCUT2D eigenvalue weighted by molar-refractivity contribution is 5.94. The van der Waals surface area contributed by atoms with E-state index in [1.54, 1.807) is 12.0 Å². The van der Waals surface area contributed by atoms with Crippen LogP contribution in [0.1, 0.15) is 48.1 Å². The molecule has 180 valence electrons. The number of unbranched alkanes of at least 4 members (excludes halogenated alkanes) is 1. The first-order valence-corrected chi connectivity index (χ1v) is 12.1. The second kappa shape index (κ2) is 10.7. The van der Waals surface area contributed by atoms with Gasteiger partial charge >= 0.3 is 0 Å². The minimum Gasteiger partial charge on any atom is -0.497 e. The summed E-state index contributed by atoms with van der Waals surface area (Å²) < 4.78 is 5.29. The van der Waals surface area contributed by atoms with E-state index in [9.17, 15) is 14.4 Å². The van der Waals surface area contributed by atoms with Crippen molar-refractivity contribution in [3.63, 3.8) is 0 Å². The molecule has 2 saturated heterocycles. The number of carbonyl (C=O) groups is 3. The molecule has 4 rings (SSSR count). The molecule has 2 heterocycles. The fraction of sp³-hybridized carbons (Fsp3) is 0.444. The molecule has 2 aliphatic heterocycles. The number of nitrogens with zero attached hydrogens (tertiary/aromatic N) is 3. The van der Waals surface area contributed by atoms with Crippen molar-refractivity contribution in [1.29, 1.82) is 0 Å². The molecule has 0 aliphatic carbocycles. The molecule has 2 aliphatic rings. The van der Waals surface area contributed by atoms with E-state index in [2.05, 4.69) is 6.92 Å². The number of hydrogen-bond acceptors (Lipinski definition) is 4. The normalized spacial score (nSPS) is 20.5. The maximum Gasteiger partial charge on any atom is 0.253 e. The van der Waals surface area contributed by atoms with Gasteiger partial charge in [0.25, 0.3) is 5.91 Å². The first-order valence-electron chi connectivity index (χ1n) is 12.1. The summed E-state index contributed by atoms with van der Waals surface area (Å²) in [6, 6.07) is 16.6. The molecule has 2 atom stereocenters. The van der Waals surface area contributed by atoms with Crippen LogP contribution < -0.4 is 4.74 Å². The zero-order valence-electron chi connectivity index (χ0n) is 20.0. The van der Waals surface area contributed by atoms with Crippen LogP contribution in [-0.2, 0) is 9.59 Å². The third-order valence-electron chi connectivity index (χ3n) is 6.86. The molecule has 2 aromatic carbocycles. The third-order valence-corrected chi connectivity index (χ3v) is 6.86. The number of rotatable bonds is 7. The second-order valence-electron chi connectivity index (χ2n) is 8.95. The zero-order valence-corrected chi connectivity index (χ0v) is 20.0. The highest BCUT2D eigenvalue weighted by Crippen LogP contribution is 2.40. The van der Waals surface area contributed by atoms with Gasteiger partial charge in [0.1, 0.15) is 5.75 Å². The highest BCUT2D eigenvalue weighted by atomic mass is 16.5. The van der Waals surface area contributed by atoms with Crippen molar-refractivity contribution in [2.75, 3.05) is 39.8 Å². The summed E-state index contributed by atoms with van der Waals surface area (Å²) in [5.41, 5.74) is 1.62. The molecule has 34 heavy (non-hydrogen) atoms. The molecular formula is C27H33N3O4. The molecule has 0 N–H and O–H groups in total. The van der Waals surface area contributed by atoms with Crippen LogP contribution in [0.5, 0.6) is 5.75 Å². The van der Waals surface area contributed by atoms with Crippen molar-refractivity contribution >= 4 is 17.7 Å². The van der Waals surface area contributed by atoms with Gasteiger partial charge in [-0.05, 0) is 36.2 Å². The molecule has 7 heteroatoms. The lowest BCUT2D eigenvalue weighted by Crippen LogP contribution is -2.52. The van der Waals surface area contributed by atoms with E-state index in [4.69, 9.17) is 4.74 Å². The largest absolute Gasteiger partial charge is 0.497 e. The number of likely N-dealkylation sites (tertiary alicyclic amines) is 1. The third kappa shape index (κ3) is 4.93. The smallest absolute Gasteiger partial charge is 0.253 e. The van der Waals surface area contributed by atoms with Crippen LogP contribution in [0.25, 0.3) is 0 Å². The van der Waals surface area contributed by atoms with E-state index in [1.807, 2.05) is 64.4 Å². The first-order chi connectivity index (χ1) is 16.5. The summed E-state index contributed by atoms with van der Waals surface area (Å²) in [7, 11) is 1.62. The van der Waals surface area contributed by atoms with E-state index in [1.165, 1.54) is 0 Å². The lowest BCUT2D eigenvalue weighted by Gasteiger charge is -2.37. The van der Waals surface area contributed by atoms with Crippen LogP contribution in [0.15, 0.2) is 54.6 Å². The Morgan fingerprint density at radius 2 is 1.59 bits per heavy atom. The SMILES string of the molecule is CCCCN1C(=O)C[C@@H](C(=O)N2CCN(C(=O)c3ccccc3)CC2)[C@@H]1c1ccc(OC)cc1. The monoisotopic (exact) mass is 463 g/mol. The van der Waals surface area contributed by atoms with Crippen molar-refractivity contribution in [2.24, 2.45) is 5.92 Å². The van der Waals surface area contributed by atoms with Crippen LogP contribution in [0.3, 0.4) is 0 Å². The summed E-state index contributed by atoms with van der Waals surface area (Å²) >= 11 is 0. The molecule has 0 unspecified atom stereocenters. The van der Waals surface area contributed by atoms with Gasteiger partial charge in [-0.15, -0.1) is 0 Å². The Labute approximate surface area is 201 Å². The summed E-state index contributed by atoms with van der Waals surface area (Å²) in [4.78, 5) is 44.9. The Morgan fingerprint density at radius 1 is 0.941 bits per heavy atom. The zero-order chi connectivity index (χ0) is 24.1. The van der Waals surface area contributed by atoms with Crippen LogP contribution >= 0.6 is 0 Å². The second-order valence-corrected chi connectivity index (χ2v) is 8.95. The molecule has 7 nitrogen and oxygen atoms in total. The van der Waals surface area contributed by atoms with Crippen molar-refractivity contribution < 1.29 is 19.1 Å². The van der Waals surface area contributed by atoms with E-state index in [0.29, 0.717) is 38.3 Å². The van der Waals surface area contributed by atoms with Gasteiger partial charge in [0, 0.05) is 44.7 Å². The Hall–Kier alpha value is -3.35.